The second-order valence-electron chi connectivity index (χ2n) is 6.74. The SMILES string of the molecule is CC(C)CCN(c1n[nH]c(=S)n1C1CCCC1)C1CC1. The Morgan fingerprint density at radius 1 is 1.30 bits per heavy atom. The molecular formula is C15H26N4S. The number of H-pyrrole nitrogens is 1. The van der Waals surface area contributed by atoms with Gasteiger partial charge >= 0.3 is 0 Å². The maximum Gasteiger partial charge on any atom is 0.226 e. The molecule has 0 saturated heterocycles. The first kappa shape index (κ1) is 14.1. The number of aromatic amines is 1. The average molecular weight is 294 g/mol. The predicted molar refractivity (Wildman–Crippen MR) is 84.7 cm³/mol. The lowest BCUT2D eigenvalue weighted by Gasteiger charge is -2.26. The minimum absolute atomic E-state index is 0.566. The molecule has 0 aromatic carbocycles. The van der Waals surface area contributed by atoms with E-state index in [1.54, 1.807) is 0 Å². The molecule has 112 valence electrons. The van der Waals surface area contributed by atoms with E-state index < -0.39 is 0 Å². The summed E-state index contributed by atoms with van der Waals surface area (Å²) in [5.74, 6) is 1.84. The Hall–Kier alpha value is -0.840. The van der Waals surface area contributed by atoms with Crippen LogP contribution in [0.5, 0.6) is 0 Å². The highest BCUT2D eigenvalue weighted by atomic mass is 32.1. The number of nitrogens with zero attached hydrogens (tertiary/aromatic N) is 3. The van der Waals surface area contributed by atoms with Crippen LogP contribution in [-0.4, -0.2) is 27.4 Å². The van der Waals surface area contributed by atoms with Crippen LogP contribution in [0.2, 0.25) is 0 Å². The summed E-state index contributed by atoms with van der Waals surface area (Å²) < 4.78 is 3.11. The van der Waals surface area contributed by atoms with Gasteiger partial charge in [-0.3, -0.25) is 4.57 Å². The average Bonchev–Trinajstić information content (AvgIpc) is 2.96. The lowest BCUT2D eigenvalue weighted by Crippen LogP contribution is -2.31. The molecular weight excluding hydrogens is 268 g/mol. The van der Waals surface area contributed by atoms with Gasteiger partial charge in [-0.2, -0.15) is 0 Å². The molecule has 2 fully saturated rings. The minimum Gasteiger partial charge on any atom is -0.338 e. The van der Waals surface area contributed by atoms with Crippen LogP contribution in [0.4, 0.5) is 5.95 Å². The smallest absolute Gasteiger partial charge is 0.226 e. The summed E-state index contributed by atoms with van der Waals surface area (Å²) in [7, 11) is 0. The van der Waals surface area contributed by atoms with E-state index in [1.165, 1.54) is 44.9 Å². The highest BCUT2D eigenvalue weighted by Crippen LogP contribution is 2.36. The van der Waals surface area contributed by atoms with Gasteiger partial charge in [-0.1, -0.05) is 26.7 Å². The Kier molecular flexibility index (Phi) is 4.15. The fourth-order valence-corrected chi connectivity index (χ4v) is 3.50. The molecule has 1 heterocycles. The van der Waals surface area contributed by atoms with Crippen LogP contribution >= 0.6 is 12.2 Å². The van der Waals surface area contributed by atoms with Crippen LogP contribution in [0, 0.1) is 10.7 Å². The molecule has 0 spiro atoms. The quantitative estimate of drug-likeness (QED) is 0.804. The van der Waals surface area contributed by atoms with Crippen LogP contribution in [-0.2, 0) is 0 Å². The summed E-state index contributed by atoms with van der Waals surface area (Å²) in [5.41, 5.74) is 0. The maximum absolute atomic E-state index is 5.49. The van der Waals surface area contributed by atoms with Gasteiger partial charge in [0.05, 0.1) is 0 Å². The third kappa shape index (κ3) is 2.92. The molecule has 20 heavy (non-hydrogen) atoms. The highest BCUT2D eigenvalue weighted by molar-refractivity contribution is 7.71. The second kappa shape index (κ2) is 5.88. The van der Waals surface area contributed by atoms with Crippen molar-refractivity contribution in [3.63, 3.8) is 0 Å². The Labute approximate surface area is 126 Å². The van der Waals surface area contributed by atoms with Gasteiger partial charge in [-0.05, 0) is 50.2 Å². The zero-order valence-electron chi connectivity index (χ0n) is 12.6. The normalized spacial score (nSPS) is 19.9. The van der Waals surface area contributed by atoms with Crippen molar-refractivity contribution in [2.24, 2.45) is 5.92 Å². The second-order valence-corrected chi connectivity index (χ2v) is 7.13. The first-order chi connectivity index (χ1) is 9.66. The number of hydrogen-bond donors (Lipinski definition) is 1. The Bertz CT molecular complexity index is 494. The van der Waals surface area contributed by atoms with E-state index in [0.717, 1.165) is 23.2 Å². The molecule has 1 N–H and O–H groups in total. The number of hydrogen-bond acceptors (Lipinski definition) is 3. The largest absolute Gasteiger partial charge is 0.338 e. The standard InChI is InChI=1S/C15H26N4S/c1-11(2)9-10-18(12-7-8-12)14-16-17-15(20)19(14)13-5-3-4-6-13/h11-13H,3-10H2,1-2H3,(H,17,20). The van der Waals surface area contributed by atoms with E-state index in [-0.39, 0.29) is 0 Å². The first-order valence-electron chi connectivity index (χ1n) is 8.10. The van der Waals surface area contributed by atoms with Gasteiger partial charge in [0.2, 0.25) is 5.95 Å². The summed E-state index contributed by atoms with van der Waals surface area (Å²) in [6, 6.07) is 1.26. The molecule has 2 saturated carbocycles. The molecule has 2 aliphatic rings. The molecule has 1 aromatic heterocycles. The Morgan fingerprint density at radius 2 is 2.00 bits per heavy atom. The summed E-state index contributed by atoms with van der Waals surface area (Å²) in [6.07, 6.45) is 9.00. The van der Waals surface area contributed by atoms with Crippen molar-refractivity contribution in [1.29, 1.82) is 0 Å². The number of nitrogens with one attached hydrogen (secondary N) is 1. The molecule has 3 rings (SSSR count). The van der Waals surface area contributed by atoms with Crippen LogP contribution in [0.3, 0.4) is 0 Å². The zero-order chi connectivity index (χ0) is 14.1. The van der Waals surface area contributed by atoms with E-state index in [0.29, 0.717) is 12.1 Å². The summed E-state index contributed by atoms with van der Waals surface area (Å²) >= 11 is 5.49. The number of aromatic nitrogens is 3. The Balaban J connectivity index is 1.84. The van der Waals surface area contributed by atoms with Crippen molar-refractivity contribution < 1.29 is 0 Å². The van der Waals surface area contributed by atoms with Crippen molar-refractivity contribution in [2.75, 3.05) is 11.4 Å². The third-order valence-corrected chi connectivity index (χ3v) is 4.86. The third-order valence-electron chi connectivity index (χ3n) is 4.57. The van der Waals surface area contributed by atoms with Gasteiger partial charge in [0.15, 0.2) is 4.77 Å². The molecule has 4 nitrogen and oxygen atoms in total. The fourth-order valence-electron chi connectivity index (χ4n) is 3.22. The predicted octanol–water partition coefficient (Wildman–Crippen LogP) is 4.07. The van der Waals surface area contributed by atoms with Crippen molar-refractivity contribution in [3.05, 3.63) is 4.77 Å². The van der Waals surface area contributed by atoms with E-state index in [4.69, 9.17) is 12.2 Å². The van der Waals surface area contributed by atoms with Gasteiger partial charge in [0, 0.05) is 18.6 Å². The number of anilines is 1. The molecule has 0 amide bonds. The van der Waals surface area contributed by atoms with Crippen LogP contribution in [0.1, 0.15) is 64.8 Å². The minimum atomic E-state index is 0.566. The lowest BCUT2D eigenvalue weighted by molar-refractivity contribution is 0.496. The molecule has 0 atom stereocenters. The monoisotopic (exact) mass is 294 g/mol. The van der Waals surface area contributed by atoms with Crippen LogP contribution in [0.15, 0.2) is 0 Å². The molecule has 2 aliphatic carbocycles. The molecule has 0 unspecified atom stereocenters. The van der Waals surface area contributed by atoms with E-state index in [2.05, 4.69) is 33.5 Å². The first-order valence-corrected chi connectivity index (χ1v) is 8.51. The Morgan fingerprint density at radius 3 is 2.60 bits per heavy atom. The van der Waals surface area contributed by atoms with Gasteiger partial charge in [-0.15, -0.1) is 5.10 Å². The lowest BCUT2D eigenvalue weighted by atomic mass is 10.1. The van der Waals surface area contributed by atoms with E-state index in [9.17, 15) is 0 Å². The molecule has 0 radical (unpaired) electrons. The van der Waals surface area contributed by atoms with Gasteiger partial charge in [-0.25, -0.2) is 5.10 Å². The van der Waals surface area contributed by atoms with Crippen molar-refractivity contribution >= 4 is 18.2 Å². The van der Waals surface area contributed by atoms with Crippen molar-refractivity contribution in [1.82, 2.24) is 14.8 Å². The summed E-state index contributed by atoms with van der Waals surface area (Å²) in [6.45, 7) is 5.69. The topological polar surface area (TPSA) is 36.9 Å². The zero-order valence-corrected chi connectivity index (χ0v) is 13.5. The molecule has 0 aliphatic heterocycles. The number of rotatable bonds is 6. The van der Waals surface area contributed by atoms with Crippen LogP contribution in [0.25, 0.3) is 0 Å². The summed E-state index contributed by atoms with van der Waals surface area (Å²) in [5, 5.41) is 7.61. The van der Waals surface area contributed by atoms with Gasteiger partial charge in [0.25, 0.3) is 0 Å². The summed E-state index contributed by atoms with van der Waals surface area (Å²) in [4.78, 5) is 2.50. The van der Waals surface area contributed by atoms with Crippen molar-refractivity contribution in [2.45, 2.75) is 70.9 Å². The van der Waals surface area contributed by atoms with E-state index >= 15 is 0 Å². The fraction of sp³-hybridized carbons (Fsp3) is 0.867. The van der Waals surface area contributed by atoms with Crippen molar-refractivity contribution in [3.8, 4) is 0 Å². The molecule has 0 bridgehead atoms. The van der Waals surface area contributed by atoms with E-state index in [1.807, 2.05) is 0 Å². The maximum atomic E-state index is 5.49. The highest BCUT2D eigenvalue weighted by Gasteiger charge is 2.33. The van der Waals surface area contributed by atoms with Gasteiger partial charge in [0.1, 0.15) is 0 Å². The molecule has 5 heteroatoms. The molecule has 1 aromatic rings. The van der Waals surface area contributed by atoms with Gasteiger partial charge < -0.3 is 4.90 Å². The van der Waals surface area contributed by atoms with Crippen LogP contribution < -0.4 is 4.90 Å².